The van der Waals surface area contributed by atoms with Gasteiger partial charge in [-0.15, -0.1) is 0 Å². The molecule has 0 atom stereocenters. The summed E-state index contributed by atoms with van der Waals surface area (Å²) in [6.07, 6.45) is 1.42. The fourth-order valence-electron chi connectivity index (χ4n) is 2.69. The Balaban J connectivity index is 1.64. The molecule has 2 aromatic rings. The quantitative estimate of drug-likeness (QED) is 0.841. The summed E-state index contributed by atoms with van der Waals surface area (Å²) >= 11 is 5.78. The number of carbonyl (C=O) groups is 2. The Hall–Kier alpha value is -2.47. The molecule has 0 aromatic heterocycles. The van der Waals surface area contributed by atoms with Crippen molar-refractivity contribution in [3.8, 4) is 0 Å². The molecule has 1 N–H and O–H groups in total. The number of nitrogens with one attached hydrogen (secondary N) is 1. The van der Waals surface area contributed by atoms with Gasteiger partial charge in [-0.2, -0.15) is 0 Å². The first-order valence-electron chi connectivity index (χ1n) is 7.78. The maximum atomic E-state index is 13.3. The molecule has 4 nitrogen and oxygen atoms in total. The average Bonchev–Trinajstić information content (AvgIpc) is 3.02. The first-order chi connectivity index (χ1) is 12.0. The summed E-state index contributed by atoms with van der Waals surface area (Å²) in [5, 5.41) is 2.45. The van der Waals surface area contributed by atoms with Crippen molar-refractivity contribution >= 4 is 29.1 Å². The van der Waals surface area contributed by atoms with Crippen LogP contribution in [0.4, 0.5) is 14.5 Å². The fourth-order valence-corrected chi connectivity index (χ4v) is 2.93. The molecule has 0 aliphatic carbocycles. The van der Waals surface area contributed by atoms with Crippen LogP contribution in [-0.2, 0) is 11.3 Å². The van der Waals surface area contributed by atoms with E-state index in [1.807, 2.05) is 12.1 Å². The first kappa shape index (κ1) is 17.4. The maximum Gasteiger partial charge on any atom is 0.253 e. The van der Waals surface area contributed by atoms with Gasteiger partial charge in [0.2, 0.25) is 5.91 Å². The molecule has 2 aromatic carbocycles. The van der Waals surface area contributed by atoms with E-state index in [0.717, 1.165) is 29.8 Å². The highest BCUT2D eigenvalue weighted by Gasteiger charge is 2.21. The van der Waals surface area contributed by atoms with E-state index < -0.39 is 17.5 Å². The predicted octanol–water partition coefficient (Wildman–Crippen LogP) is 3.68. The summed E-state index contributed by atoms with van der Waals surface area (Å²) in [4.78, 5) is 25.5. The second kappa shape index (κ2) is 7.19. The van der Waals surface area contributed by atoms with Crippen LogP contribution in [0.25, 0.3) is 0 Å². The van der Waals surface area contributed by atoms with E-state index in [9.17, 15) is 18.4 Å². The van der Waals surface area contributed by atoms with Gasteiger partial charge in [0.1, 0.15) is 0 Å². The van der Waals surface area contributed by atoms with Crippen molar-refractivity contribution in [1.82, 2.24) is 5.32 Å². The lowest BCUT2D eigenvalue weighted by molar-refractivity contribution is -0.117. The van der Waals surface area contributed by atoms with Gasteiger partial charge in [0.25, 0.3) is 5.91 Å². The number of halogens is 3. The Kier molecular flexibility index (Phi) is 4.99. The molecule has 0 spiro atoms. The number of hydrogen-bond acceptors (Lipinski definition) is 2. The Labute approximate surface area is 148 Å². The van der Waals surface area contributed by atoms with Crippen molar-refractivity contribution in [2.45, 2.75) is 19.4 Å². The summed E-state index contributed by atoms with van der Waals surface area (Å²) in [6, 6.07) is 8.77. The molecule has 0 radical (unpaired) electrons. The monoisotopic (exact) mass is 364 g/mol. The third-order valence-corrected chi connectivity index (χ3v) is 4.34. The fraction of sp³-hybridized carbons (Fsp3) is 0.222. The van der Waals surface area contributed by atoms with Gasteiger partial charge in [-0.25, -0.2) is 8.78 Å². The van der Waals surface area contributed by atoms with E-state index in [2.05, 4.69) is 5.32 Å². The summed E-state index contributed by atoms with van der Waals surface area (Å²) in [5.74, 6) is -2.72. The Morgan fingerprint density at radius 2 is 1.84 bits per heavy atom. The number of nitrogens with zero attached hydrogens (tertiary/aromatic N) is 1. The Morgan fingerprint density at radius 1 is 1.16 bits per heavy atom. The highest BCUT2D eigenvalue weighted by atomic mass is 35.5. The number of hydrogen-bond donors (Lipinski definition) is 1. The highest BCUT2D eigenvalue weighted by molar-refractivity contribution is 6.33. The van der Waals surface area contributed by atoms with Gasteiger partial charge in [-0.3, -0.25) is 9.59 Å². The van der Waals surface area contributed by atoms with E-state index in [4.69, 9.17) is 11.6 Å². The second-order valence-corrected chi connectivity index (χ2v) is 6.15. The summed E-state index contributed by atoms with van der Waals surface area (Å²) in [6.45, 7) is 0.909. The van der Waals surface area contributed by atoms with Crippen molar-refractivity contribution in [3.63, 3.8) is 0 Å². The van der Waals surface area contributed by atoms with E-state index in [1.54, 1.807) is 17.0 Å². The van der Waals surface area contributed by atoms with Gasteiger partial charge >= 0.3 is 0 Å². The molecule has 7 heteroatoms. The van der Waals surface area contributed by atoms with Crippen LogP contribution < -0.4 is 10.2 Å². The van der Waals surface area contributed by atoms with Gasteiger partial charge in [0.05, 0.1) is 10.6 Å². The van der Waals surface area contributed by atoms with Gasteiger partial charge in [0, 0.05) is 25.2 Å². The number of amides is 2. The molecule has 1 aliphatic heterocycles. The maximum absolute atomic E-state index is 13.3. The molecule has 1 aliphatic rings. The largest absolute Gasteiger partial charge is 0.348 e. The van der Waals surface area contributed by atoms with E-state index in [1.165, 1.54) is 0 Å². The third-order valence-electron chi connectivity index (χ3n) is 4.03. The SMILES string of the molecule is O=C(NCc1ccc(N2CCCC2=O)cc1)c1cc(F)c(F)cc1Cl. The topological polar surface area (TPSA) is 49.4 Å². The summed E-state index contributed by atoms with van der Waals surface area (Å²) in [7, 11) is 0. The third kappa shape index (κ3) is 3.79. The van der Waals surface area contributed by atoms with Crippen molar-refractivity contribution < 1.29 is 18.4 Å². The lowest BCUT2D eigenvalue weighted by Gasteiger charge is -2.16. The molecule has 0 unspecified atom stereocenters. The zero-order valence-corrected chi connectivity index (χ0v) is 13.9. The lowest BCUT2D eigenvalue weighted by atomic mass is 10.1. The minimum atomic E-state index is -1.13. The molecule has 2 amide bonds. The standard InChI is InChI=1S/C18H15ClF2N2O2/c19-14-9-16(21)15(20)8-13(14)18(25)22-10-11-3-5-12(6-4-11)23-7-1-2-17(23)24/h3-6,8-9H,1-2,7,10H2,(H,22,25). The van der Waals surface area contributed by atoms with Crippen LogP contribution in [-0.4, -0.2) is 18.4 Å². The van der Waals surface area contributed by atoms with Crippen LogP contribution in [0.1, 0.15) is 28.8 Å². The Bertz CT molecular complexity index is 825. The van der Waals surface area contributed by atoms with Crippen LogP contribution in [0.15, 0.2) is 36.4 Å². The predicted molar refractivity (Wildman–Crippen MR) is 90.6 cm³/mol. The van der Waals surface area contributed by atoms with E-state index in [-0.39, 0.29) is 23.0 Å². The van der Waals surface area contributed by atoms with E-state index in [0.29, 0.717) is 13.0 Å². The number of benzene rings is 2. The number of anilines is 1. The van der Waals surface area contributed by atoms with Crippen molar-refractivity contribution in [2.24, 2.45) is 0 Å². The first-order valence-corrected chi connectivity index (χ1v) is 8.15. The van der Waals surface area contributed by atoms with Crippen LogP contribution in [0.2, 0.25) is 5.02 Å². The van der Waals surface area contributed by atoms with Gasteiger partial charge in [-0.1, -0.05) is 23.7 Å². The second-order valence-electron chi connectivity index (χ2n) is 5.74. The minimum absolute atomic E-state index is 0.106. The molecule has 1 fully saturated rings. The summed E-state index contributed by atoms with van der Waals surface area (Å²) < 4.78 is 26.3. The number of rotatable bonds is 4. The minimum Gasteiger partial charge on any atom is -0.348 e. The zero-order valence-electron chi connectivity index (χ0n) is 13.2. The van der Waals surface area contributed by atoms with E-state index >= 15 is 0 Å². The zero-order chi connectivity index (χ0) is 18.0. The van der Waals surface area contributed by atoms with Gasteiger partial charge in [0.15, 0.2) is 11.6 Å². The van der Waals surface area contributed by atoms with Crippen molar-refractivity contribution in [1.29, 1.82) is 0 Å². The molecule has 1 saturated heterocycles. The molecular weight excluding hydrogens is 350 g/mol. The molecule has 0 saturated carbocycles. The van der Waals surface area contributed by atoms with Gasteiger partial charge in [-0.05, 0) is 36.2 Å². The normalized spacial score (nSPS) is 14.0. The molecule has 3 rings (SSSR count). The molecule has 130 valence electrons. The molecule has 25 heavy (non-hydrogen) atoms. The molecule has 1 heterocycles. The molecular formula is C18H15ClF2N2O2. The smallest absolute Gasteiger partial charge is 0.253 e. The number of carbonyl (C=O) groups excluding carboxylic acids is 2. The van der Waals surface area contributed by atoms with Crippen molar-refractivity contribution in [2.75, 3.05) is 11.4 Å². The summed E-state index contributed by atoms with van der Waals surface area (Å²) in [5.41, 5.74) is 1.50. The van der Waals surface area contributed by atoms with Crippen LogP contribution in [0, 0.1) is 11.6 Å². The van der Waals surface area contributed by atoms with Crippen LogP contribution in [0.3, 0.4) is 0 Å². The molecule has 0 bridgehead atoms. The van der Waals surface area contributed by atoms with Gasteiger partial charge < -0.3 is 10.2 Å². The Morgan fingerprint density at radius 3 is 2.48 bits per heavy atom. The average molecular weight is 365 g/mol. The van der Waals surface area contributed by atoms with Crippen LogP contribution >= 0.6 is 11.6 Å². The lowest BCUT2D eigenvalue weighted by Crippen LogP contribution is -2.24. The highest BCUT2D eigenvalue weighted by Crippen LogP contribution is 2.22. The van der Waals surface area contributed by atoms with Crippen LogP contribution in [0.5, 0.6) is 0 Å². The van der Waals surface area contributed by atoms with Crippen molar-refractivity contribution in [3.05, 3.63) is 64.2 Å².